The van der Waals surface area contributed by atoms with Gasteiger partial charge in [-0.25, -0.2) is 0 Å². The highest BCUT2D eigenvalue weighted by molar-refractivity contribution is 5.48. The number of anilines is 1. The van der Waals surface area contributed by atoms with Gasteiger partial charge in [0.25, 0.3) is 0 Å². The molecule has 19 heavy (non-hydrogen) atoms. The van der Waals surface area contributed by atoms with E-state index >= 15 is 0 Å². The van der Waals surface area contributed by atoms with Gasteiger partial charge in [-0.3, -0.25) is 0 Å². The van der Waals surface area contributed by atoms with E-state index in [-0.39, 0.29) is 0 Å². The zero-order valence-corrected chi connectivity index (χ0v) is 12.8. The van der Waals surface area contributed by atoms with Crippen LogP contribution >= 0.6 is 0 Å². The molecule has 1 saturated heterocycles. The van der Waals surface area contributed by atoms with E-state index in [1.165, 1.54) is 30.6 Å². The van der Waals surface area contributed by atoms with Gasteiger partial charge < -0.3 is 10.2 Å². The van der Waals surface area contributed by atoms with Crippen LogP contribution in [0.15, 0.2) is 24.3 Å². The lowest BCUT2D eigenvalue weighted by Gasteiger charge is -2.38. The lowest BCUT2D eigenvalue weighted by molar-refractivity contribution is 0.378. The standard InChI is InChI=1S/C17H28N2/c1-13(2)18-12-16-5-7-17(8-6-16)19-10-9-14(3)11-15(19)4/h5-8,13-15,18H,9-12H2,1-4H3. The Hall–Kier alpha value is -1.02. The van der Waals surface area contributed by atoms with Gasteiger partial charge in [-0.05, 0) is 43.4 Å². The lowest BCUT2D eigenvalue weighted by Crippen LogP contribution is -2.40. The van der Waals surface area contributed by atoms with Crippen LogP contribution in [0.1, 0.15) is 46.1 Å². The molecule has 2 unspecified atom stereocenters. The Morgan fingerprint density at radius 1 is 1.21 bits per heavy atom. The van der Waals surface area contributed by atoms with Crippen molar-refractivity contribution < 1.29 is 0 Å². The largest absolute Gasteiger partial charge is 0.369 e. The predicted octanol–water partition coefficient (Wildman–Crippen LogP) is 3.81. The summed E-state index contributed by atoms with van der Waals surface area (Å²) < 4.78 is 0. The fourth-order valence-electron chi connectivity index (χ4n) is 2.92. The van der Waals surface area contributed by atoms with Gasteiger partial charge in [0.15, 0.2) is 0 Å². The highest BCUT2D eigenvalue weighted by Crippen LogP contribution is 2.27. The molecular weight excluding hydrogens is 232 g/mol. The first-order valence-electron chi connectivity index (χ1n) is 7.65. The minimum absolute atomic E-state index is 0.545. The van der Waals surface area contributed by atoms with Crippen LogP contribution in [-0.4, -0.2) is 18.6 Å². The van der Waals surface area contributed by atoms with Gasteiger partial charge in [0.2, 0.25) is 0 Å². The summed E-state index contributed by atoms with van der Waals surface area (Å²) in [5, 5.41) is 3.46. The molecule has 0 aromatic heterocycles. The Bertz CT molecular complexity index is 383. The van der Waals surface area contributed by atoms with E-state index in [0.717, 1.165) is 12.5 Å². The fraction of sp³-hybridized carbons (Fsp3) is 0.647. The van der Waals surface area contributed by atoms with Gasteiger partial charge in [0.1, 0.15) is 0 Å². The molecule has 2 heteroatoms. The minimum atomic E-state index is 0.545. The molecule has 0 amide bonds. The Kier molecular flexibility index (Phi) is 4.87. The number of benzene rings is 1. The van der Waals surface area contributed by atoms with Crippen LogP contribution in [0, 0.1) is 5.92 Å². The zero-order valence-electron chi connectivity index (χ0n) is 12.8. The molecule has 2 atom stereocenters. The predicted molar refractivity (Wildman–Crippen MR) is 83.6 cm³/mol. The van der Waals surface area contributed by atoms with E-state index in [1.807, 2.05) is 0 Å². The Labute approximate surface area is 118 Å². The van der Waals surface area contributed by atoms with E-state index in [2.05, 4.69) is 62.2 Å². The van der Waals surface area contributed by atoms with Crippen molar-refractivity contribution in [1.29, 1.82) is 0 Å². The maximum Gasteiger partial charge on any atom is 0.0368 e. The van der Waals surface area contributed by atoms with Gasteiger partial charge in [0, 0.05) is 30.9 Å². The smallest absolute Gasteiger partial charge is 0.0368 e. The number of hydrogen-bond donors (Lipinski definition) is 1. The van der Waals surface area contributed by atoms with Gasteiger partial charge >= 0.3 is 0 Å². The van der Waals surface area contributed by atoms with E-state index in [0.29, 0.717) is 12.1 Å². The van der Waals surface area contributed by atoms with Crippen molar-refractivity contribution in [2.45, 2.75) is 59.2 Å². The maximum absolute atomic E-state index is 3.46. The second kappa shape index (κ2) is 6.42. The van der Waals surface area contributed by atoms with Crippen LogP contribution in [0.5, 0.6) is 0 Å². The minimum Gasteiger partial charge on any atom is -0.369 e. The van der Waals surface area contributed by atoms with Gasteiger partial charge in [-0.2, -0.15) is 0 Å². The molecule has 1 aliphatic heterocycles. The van der Waals surface area contributed by atoms with Crippen LogP contribution in [0.3, 0.4) is 0 Å². The first-order chi connectivity index (χ1) is 9.06. The first kappa shape index (κ1) is 14.4. The molecule has 1 heterocycles. The molecule has 0 aliphatic carbocycles. The summed E-state index contributed by atoms with van der Waals surface area (Å²) >= 11 is 0. The van der Waals surface area contributed by atoms with E-state index < -0.39 is 0 Å². The van der Waals surface area contributed by atoms with E-state index in [9.17, 15) is 0 Å². The van der Waals surface area contributed by atoms with Crippen LogP contribution in [0.25, 0.3) is 0 Å². The van der Waals surface area contributed by atoms with Crippen LogP contribution in [-0.2, 0) is 6.54 Å². The summed E-state index contributed by atoms with van der Waals surface area (Å²) in [5.41, 5.74) is 2.75. The molecule has 0 radical (unpaired) electrons. The number of rotatable bonds is 4. The molecule has 2 nitrogen and oxygen atoms in total. The molecule has 0 saturated carbocycles. The number of piperidine rings is 1. The topological polar surface area (TPSA) is 15.3 Å². The van der Waals surface area contributed by atoms with Crippen LogP contribution in [0.2, 0.25) is 0 Å². The average Bonchev–Trinajstić information content (AvgIpc) is 2.37. The van der Waals surface area contributed by atoms with Crippen LogP contribution < -0.4 is 10.2 Å². The van der Waals surface area contributed by atoms with Crippen molar-refractivity contribution in [1.82, 2.24) is 5.32 Å². The SMILES string of the molecule is CC1CCN(c2ccc(CNC(C)C)cc2)C(C)C1. The van der Waals surface area contributed by atoms with Crippen molar-refractivity contribution >= 4 is 5.69 Å². The van der Waals surface area contributed by atoms with Crippen molar-refractivity contribution in [3.8, 4) is 0 Å². The van der Waals surface area contributed by atoms with Crippen LogP contribution in [0.4, 0.5) is 5.69 Å². The van der Waals surface area contributed by atoms with E-state index in [4.69, 9.17) is 0 Å². The second-order valence-electron chi connectivity index (χ2n) is 6.37. The Morgan fingerprint density at radius 2 is 1.89 bits per heavy atom. The monoisotopic (exact) mass is 260 g/mol. The molecule has 1 aromatic rings. The molecule has 0 bridgehead atoms. The normalized spacial score (nSPS) is 23.9. The third kappa shape index (κ3) is 3.97. The second-order valence-corrected chi connectivity index (χ2v) is 6.37. The number of hydrogen-bond acceptors (Lipinski definition) is 2. The van der Waals surface area contributed by atoms with Gasteiger partial charge in [-0.1, -0.05) is 32.9 Å². The zero-order chi connectivity index (χ0) is 13.8. The third-order valence-corrected chi connectivity index (χ3v) is 4.12. The summed E-state index contributed by atoms with van der Waals surface area (Å²) in [5.74, 6) is 0.876. The van der Waals surface area contributed by atoms with Gasteiger partial charge in [0.05, 0.1) is 0 Å². The molecule has 1 fully saturated rings. The average molecular weight is 260 g/mol. The Balaban J connectivity index is 1.98. The number of nitrogens with one attached hydrogen (secondary N) is 1. The molecule has 1 N–H and O–H groups in total. The summed E-state index contributed by atoms with van der Waals surface area (Å²) in [6.07, 6.45) is 2.64. The highest BCUT2D eigenvalue weighted by Gasteiger charge is 2.22. The molecule has 1 aromatic carbocycles. The molecule has 106 valence electrons. The Morgan fingerprint density at radius 3 is 2.47 bits per heavy atom. The molecule has 1 aliphatic rings. The highest BCUT2D eigenvalue weighted by atomic mass is 15.2. The maximum atomic E-state index is 3.46. The molecule has 0 spiro atoms. The van der Waals surface area contributed by atoms with Gasteiger partial charge in [-0.15, -0.1) is 0 Å². The van der Waals surface area contributed by atoms with Crippen molar-refractivity contribution in [2.75, 3.05) is 11.4 Å². The summed E-state index contributed by atoms with van der Waals surface area (Å²) in [7, 11) is 0. The lowest BCUT2D eigenvalue weighted by atomic mass is 9.93. The van der Waals surface area contributed by atoms with Crippen molar-refractivity contribution in [2.24, 2.45) is 5.92 Å². The van der Waals surface area contributed by atoms with E-state index in [1.54, 1.807) is 0 Å². The van der Waals surface area contributed by atoms with Crippen molar-refractivity contribution in [3.63, 3.8) is 0 Å². The molecule has 2 rings (SSSR count). The summed E-state index contributed by atoms with van der Waals surface area (Å²) in [4.78, 5) is 2.56. The summed E-state index contributed by atoms with van der Waals surface area (Å²) in [6.45, 7) is 11.3. The molecular formula is C17H28N2. The van der Waals surface area contributed by atoms with Crippen molar-refractivity contribution in [3.05, 3.63) is 29.8 Å². The quantitative estimate of drug-likeness (QED) is 0.885. The third-order valence-electron chi connectivity index (χ3n) is 4.12. The first-order valence-corrected chi connectivity index (χ1v) is 7.65. The fourth-order valence-corrected chi connectivity index (χ4v) is 2.92. The number of nitrogens with zero attached hydrogens (tertiary/aromatic N) is 1. The summed E-state index contributed by atoms with van der Waals surface area (Å²) in [6, 6.07) is 10.3.